The predicted octanol–water partition coefficient (Wildman–Crippen LogP) is 5.85. The number of aromatic nitrogens is 3. The summed E-state index contributed by atoms with van der Waals surface area (Å²) in [5.41, 5.74) is 5.56. The van der Waals surface area contributed by atoms with Gasteiger partial charge in [0, 0.05) is 42.3 Å². The molecule has 4 rings (SSSR count). The normalized spacial score (nSPS) is 13.2. The van der Waals surface area contributed by atoms with Crippen LogP contribution in [-0.2, 0) is 13.0 Å². The van der Waals surface area contributed by atoms with Crippen molar-refractivity contribution in [1.29, 1.82) is 0 Å². The number of anilines is 1. The number of rotatable bonds is 8. The summed E-state index contributed by atoms with van der Waals surface area (Å²) < 4.78 is 71.3. The summed E-state index contributed by atoms with van der Waals surface area (Å²) in [5, 5.41) is 3.14. The van der Waals surface area contributed by atoms with Crippen LogP contribution in [-0.4, -0.2) is 27.4 Å². The zero-order valence-corrected chi connectivity index (χ0v) is 21.7. The highest BCUT2D eigenvalue weighted by Crippen LogP contribution is 2.37. The first-order valence-electron chi connectivity index (χ1n) is 12.0. The Hall–Kier alpha value is -4.61. The van der Waals surface area contributed by atoms with Crippen LogP contribution in [0.15, 0.2) is 64.8 Å². The van der Waals surface area contributed by atoms with E-state index in [1.807, 2.05) is 0 Å². The molecule has 2 heterocycles. The van der Waals surface area contributed by atoms with E-state index in [9.17, 15) is 26.7 Å². The Balaban J connectivity index is 1.82. The molecule has 0 amide bonds. The van der Waals surface area contributed by atoms with Gasteiger partial charge in [0.2, 0.25) is 0 Å². The number of nitrogens with two attached hydrogens (primary N) is 1. The molecule has 0 radical (unpaired) electrons. The molecule has 4 aromatic rings. The topological polar surface area (TPSA) is 98.2 Å². The van der Waals surface area contributed by atoms with Gasteiger partial charge in [-0.15, -0.1) is 0 Å². The maximum absolute atomic E-state index is 14.7. The van der Waals surface area contributed by atoms with Gasteiger partial charge in [0.25, 0.3) is 5.56 Å². The lowest BCUT2D eigenvalue weighted by Gasteiger charge is -2.23. The number of hydrogen-bond donors (Lipinski definition) is 2. The molecule has 0 fully saturated rings. The largest absolute Gasteiger partial charge is 0.404 e. The summed E-state index contributed by atoms with van der Waals surface area (Å²) >= 11 is 0. The van der Waals surface area contributed by atoms with E-state index in [0.717, 1.165) is 24.3 Å². The van der Waals surface area contributed by atoms with Gasteiger partial charge in [-0.25, -0.2) is 23.1 Å². The van der Waals surface area contributed by atoms with Crippen LogP contribution in [0, 0.1) is 18.6 Å². The van der Waals surface area contributed by atoms with E-state index in [0.29, 0.717) is 34.2 Å². The molecule has 0 aliphatic carbocycles. The van der Waals surface area contributed by atoms with Crippen molar-refractivity contribution in [2.24, 2.45) is 17.8 Å². The Labute approximate surface area is 225 Å². The molecule has 0 bridgehead atoms. The first-order valence-corrected chi connectivity index (χ1v) is 12.0. The van der Waals surface area contributed by atoms with Gasteiger partial charge >= 0.3 is 5.92 Å². The van der Waals surface area contributed by atoms with E-state index in [4.69, 9.17) is 5.73 Å². The van der Waals surface area contributed by atoms with Gasteiger partial charge in [-0.3, -0.25) is 9.79 Å². The third-order valence-electron chi connectivity index (χ3n) is 6.33. The number of pyridine rings is 1. The zero-order valence-electron chi connectivity index (χ0n) is 21.7. The molecular formula is C28H25F5N6O. The molecule has 0 aliphatic rings. The number of benzene rings is 2. The highest BCUT2D eigenvalue weighted by Gasteiger charge is 2.35. The lowest BCUT2D eigenvalue weighted by molar-refractivity contribution is -0.0276. The fraction of sp³-hybridized carbons (Fsp3) is 0.214. The number of aryl methyl sites for hydroxylation is 1. The highest BCUT2D eigenvalue weighted by molar-refractivity contribution is 6.10. The number of allylic oxidation sites excluding steroid dienone is 1. The third-order valence-corrected chi connectivity index (χ3v) is 6.33. The number of aliphatic imine (C=N–C) groups is 1. The fourth-order valence-electron chi connectivity index (χ4n) is 4.25. The molecule has 3 N–H and O–H groups in total. The van der Waals surface area contributed by atoms with E-state index in [2.05, 4.69) is 20.3 Å². The van der Waals surface area contributed by atoms with Gasteiger partial charge in [-0.1, -0.05) is 0 Å². The molecule has 2 aromatic carbocycles. The summed E-state index contributed by atoms with van der Waals surface area (Å²) in [6.07, 6.45) is 5.69. The first kappa shape index (κ1) is 28.4. The Bertz CT molecular complexity index is 1680. The van der Waals surface area contributed by atoms with Gasteiger partial charge in [0.1, 0.15) is 17.5 Å². The van der Waals surface area contributed by atoms with E-state index in [1.165, 1.54) is 36.4 Å². The summed E-state index contributed by atoms with van der Waals surface area (Å²) in [4.78, 5) is 25.7. The molecule has 12 heteroatoms. The summed E-state index contributed by atoms with van der Waals surface area (Å²) in [6, 6.07) is 5.50. The average molecular weight is 557 g/mol. The van der Waals surface area contributed by atoms with Crippen molar-refractivity contribution in [3.8, 4) is 0 Å². The maximum atomic E-state index is 14.7. The number of hydrogen-bond acceptors (Lipinski definition) is 6. The van der Waals surface area contributed by atoms with E-state index >= 15 is 0 Å². The number of halogens is 5. The van der Waals surface area contributed by atoms with Crippen LogP contribution in [0.2, 0.25) is 0 Å². The fourth-order valence-corrected chi connectivity index (χ4v) is 4.25. The Kier molecular flexibility index (Phi) is 7.98. The van der Waals surface area contributed by atoms with Crippen LogP contribution >= 0.6 is 0 Å². The lowest BCUT2D eigenvalue weighted by atomic mass is 9.97. The van der Waals surface area contributed by atoms with E-state index in [1.54, 1.807) is 19.9 Å². The van der Waals surface area contributed by atoms with Crippen molar-refractivity contribution >= 4 is 33.9 Å². The molecule has 1 atom stereocenters. The molecule has 40 heavy (non-hydrogen) atoms. The molecule has 0 saturated carbocycles. The van der Waals surface area contributed by atoms with Crippen LogP contribution in [0.3, 0.4) is 0 Å². The minimum absolute atomic E-state index is 0.0311. The second-order valence-corrected chi connectivity index (χ2v) is 9.11. The average Bonchev–Trinajstić information content (AvgIpc) is 2.93. The van der Waals surface area contributed by atoms with Gasteiger partial charge in [-0.05, 0) is 61.2 Å². The Morgan fingerprint density at radius 1 is 1.12 bits per heavy atom. The Morgan fingerprint density at radius 2 is 1.82 bits per heavy atom. The lowest BCUT2D eigenvalue weighted by Crippen LogP contribution is -2.22. The zero-order chi connectivity index (χ0) is 29.2. The van der Waals surface area contributed by atoms with Crippen LogP contribution in [0.25, 0.3) is 16.3 Å². The van der Waals surface area contributed by atoms with Gasteiger partial charge in [-0.2, -0.15) is 8.78 Å². The van der Waals surface area contributed by atoms with Crippen molar-refractivity contribution in [1.82, 2.24) is 14.5 Å². The predicted molar refractivity (Wildman–Crippen MR) is 145 cm³/mol. The van der Waals surface area contributed by atoms with Crippen LogP contribution in [0.1, 0.15) is 35.6 Å². The van der Waals surface area contributed by atoms with Crippen molar-refractivity contribution in [3.63, 3.8) is 0 Å². The quantitative estimate of drug-likeness (QED) is 0.210. The molecule has 208 valence electrons. The van der Waals surface area contributed by atoms with Crippen molar-refractivity contribution in [2.75, 3.05) is 12.0 Å². The molecule has 0 saturated heterocycles. The van der Waals surface area contributed by atoms with Gasteiger partial charge in [0.05, 0.1) is 29.2 Å². The summed E-state index contributed by atoms with van der Waals surface area (Å²) in [7, 11) is 1.49. The number of alkyl halides is 3. The van der Waals surface area contributed by atoms with Crippen molar-refractivity contribution < 1.29 is 22.0 Å². The standard InChI is InChI=1S/C28H25F5N6O/c1-15(38-25-5-4-18(30)8-24(25)28(32,33)14-29)21-6-19(31)7-23-22(21)9-26(39(3)27(23)40)17(10-34)11-37-20-12-35-16(2)36-13-20/h4-13,15,38H,14,34H2,1-3H3/b17-10+,37-11?/t15-/m1/s1. The van der Waals surface area contributed by atoms with E-state index in [-0.39, 0.29) is 16.6 Å². The van der Waals surface area contributed by atoms with Crippen LogP contribution < -0.4 is 16.6 Å². The second-order valence-electron chi connectivity index (χ2n) is 9.11. The third kappa shape index (κ3) is 5.70. The first-order chi connectivity index (χ1) is 18.9. The number of fused-ring (bicyclic) bond motifs is 1. The summed E-state index contributed by atoms with van der Waals surface area (Å²) in [5.74, 6) is -5.09. The SMILES string of the molecule is Cc1ncc(N=C/C(=C\N)c2cc3c([C@@H](C)Nc4ccc(F)cc4C(F)(F)CF)cc(F)cc3c(=O)n2C)cn1. The van der Waals surface area contributed by atoms with Crippen LogP contribution in [0.5, 0.6) is 0 Å². The van der Waals surface area contributed by atoms with Gasteiger partial charge in [0.15, 0.2) is 6.67 Å². The maximum Gasteiger partial charge on any atom is 0.303 e. The van der Waals surface area contributed by atoms with Crippen molar-refractivity contribution in [2.45, 2.75) is 25.8 Å². The minimum atomic E-state index is -3.96. The molecule has 2 aromatic heterocycles. The number of nitrogens with one attached hydrogen (secondary N) is 1. The van der Waals surface area contributed by atoms with Gasteiger partial charge < -0.3 is 15.6 Å². The number of nitrogens with zero attached hydrogens (tertiary/aromatic N) is 4. The molecule has 7 nitrogen and oxygen atoms in total. The molecular weight excluding hydrogens is 531 g/mol. The van der Waals surface area contributed by atoms with Crippen LogP contribution in [0.4, 0.5) is 33.3 Å². The molecule has 0 unspecified atom stereocenters. The molecule has 0 aliphatic heterocycles. The highest BCUT2D eigenvalue weighted by atomic mass is 19.3. The van der Waals surface area contributed by atoms with Crippen molar-refractivity contribution in [3.05, 3.63) is 99.6 Å². The molecule has 0 spiro atoms. The van der Waals surface area contributed by atoms with E-state index < -0.39 is 41.4 Å². The smallest absolute Gasteiger partial charge is 0.303 e. The summed E-state index contributed by atoms with van der Waals surface area (Å²) in [6.45, 7) is 1.24. The minimum Gasteiger partial charge on any atom is -0.404 e. The Morgan fingerprint density at radius 3 is 2.48 bits per heavy atom. The monoisotopic (exact) mass is 556 g/mol. The second kappa shape index (κ2) is 11.2.